The number of thiazole rings is 1. The smallest absolute Gasteiger partial charge is 0.223 e. The van der Waals surface area contributed by atoms with Crippen LogP contribution < -0.4 is 45.3 Å². The maximum atomic E-state index is 5.43. The molecule has 4 aromatic carbocycles. The van der Waals surface area contributed by atoms with E-state index in [1.807, 2.05) is 23.1 Å². The summed E-state index contributed by atoms with van der Waals surface area (Å²) in [4.78, 5) is 5.43. The standard InChI is InChI=1S/C29H25NPS2.HI/c1-22-18-20-23(21-19-22)28-30-27(29(32-2)33-28)31(24-12-6-3-7-13-24,25-14-8-4-9-15-25)26-16-10-5-11-17-26;/h3-21H,1-2H3;1H/q+1;/p-1. The minimum Gasteiger partial charge on any atom is -1.00 e. The molecule has 1 heterocycles. The number of benzene rings is 4. The maximum absolute atomic E-state index is 5.43. The van der Waals surface area contributed by atoms with Crippen molar-refractivity contribution >= 4 is 51.7 Å². The van der Waals surface area contributed by atoms with Crippen molar-refractivity contribution in [3.8, 4) is 10.6 Å². The van der Waals surface area contributed by atoms with E-state index in [1.54, 1.807) is 0 Å². The van der Waals surface area contributed by atoms with Crippen LogP contribution in [0.1, 0.15) is 5.56 Å². The van der Waals surface area contributed by atoms with Crippen LogP contribution in [0.4, 0.5) is 0 Å². The van der Waals surface area contributed by atoms with Gasteiger partial charge >= 0.3 is 0 Å². The van der Waals surface area contributed by atoms with Crippen LogP contribution >= 0.6 is 30.4 Å². The third kappa shape index (κ3) is 4.61. The molecular weight excluding hydrogens is 584 g/mol. The molecule has 34 heavy (non-hydrogen) atoms. The van der Waals surface area contributed by atoms with E-state index in [2.05, 4.69) is 128 Å². The van der Waals surface area contributed by atoms with Crippen LogP contribution in [-0.4, -0.2) is 11.2 Å². The van der Waals surface area contributed by atoms with Crippen molar-refractivity contribution in [2.45, 2.75) is 11.1 Å². The van der Waals surface area contributed by atoms with Crippen LogP contribution in [-0.2, 0) is 0 Å². The molecule has 0 bridgehead atoms. The second kappa shape index (κ2) is 11.2. The summed E-state index contributed by atoms with van der Waals surface area (Å²) >= 11 is 3.62. The molecule has 0 aliphatic rings. The SMILES string of the molecule is CSc1sc(-c2ccc(C)cc2)nc1[P+](c1ccccc1)(c1ccccc1)c1ccccc1.[I-]. The molecule has 0 aliphatic heterocycles. The van der Waals surface area contributed by atoms with E-state index in [4.69, 9.17) is 4.98 Å². The lowest BCUT2D eigenvalue weighted by molar-refractivity contribution is -0.00000639. The second-order valence-electron chi connectivity index (χ2n) is 7.88. The molecule has 0 spiro atoms. The zero-order valence-corrected chi connectivity index (χ0v) is 23.7. The fourth-order valence-electron chi connectivity index (χ4n) is 4.23. The van der Waals surface area contributed by atoms with Gasteiger partial charge in [-0.15, -0.1) is 23.1 Å². The van der Waals surface area contributed by atoms with Gasteiger partial charge in [-0.25, -0.2) is 0 Å². The Morgan fingerprint density at radius 3 is 1.50 bits per heavy atom. The van der Waals surface area contributed by atoms with Gasteiger partial charge in [0.15, 0.2) is 7.26 Å². The van der Waals surface area contributed by atoms with Crippen molar-refractivity contribution < 1.29 is 24.0 Å². The van der Waals surface area contributed by atoms with Gasteiger partial charge in [0.25, 0.3) is 0 Å². The normalized spacial score (nSPS) is 11.1. The summed E-state index contributed by atoms with van der Waals surface area (Å²) in [6.07, 6.45) is 2.17. The number of rotatable bonds is 6. The fourth-order valence-corrected chi connectivity index (χ4v) is 11.0. The molecule has 0 aliphatic carbocycles. The van der Waals surface area contributed by atoms with Gasteiger partial charge in [0.05, 0.1) is 0 Å². The first-order chi connectivity index (χ1) is 16.2. The Morgan fingerprint density at radius 1 is 0.647 bits per heavy atom. The molecule has 5 heteroatoms. The molecule has 5 rings (SSSR count). The van der Waals surface area contributed by atoms with Gasteiger partial charge < -0.3 is 24.0 Å². The van der Waals surface area contributed by atoms with E-state index < -0.39 is 7.26 Å². The molecule has 1 nitrogen and oxygen atoms in total. The molecule has 0 saturated carbocycles. The first kappa shape index (κ1) is 25.1. The molecule has 0 N–H and O–H groups in total. The summed E-state index contributed by atoms with van der Waals surface area (Å²) in [5.74, 6) is 0. The molecule has 0 radical (unpaired) electrons. The summed E-state index contributed by atoms with van der Waals surface area (Å²) in [5.41, 5.74) is 3.65. The minimum atomic E-state index is -2.19. The van der Waals surface area contributed by atoms with Gasteiger partial charge in [0, 0.05) is 5.56 Å². The summed E-state index contributed by atoms with van der Waals surface area (Å²) in [6.45, 7) is 2.13. The Bertz CT molecular complexity index is 1240. The second-order valence-corrected chi connectivity index (χ2v) is 13.3. The van der Waals surface area contributed by atoms with Crippen molar-refractivity contribution in [1.29, 1.82) is 0 Å². The average Bonchev–Trinajstić information content (AvgIpc) is 3.32. The van der Waals surface area contributed by atoms with Crippen molar-refractivity contribution in [2.75, 3.05) is 6.26 Å². The van der Waals surface area contributed by atoms with Crippen LogP contribution in [0.15, 0.2) is 119 Å². The lowest BCUT2D eigenvalue weighted by atomic mass is 10.2. The molecule has 0 unspecified atom stereocenters. The summed E-state index contributed by atoms with van der Waals surface area (Å²) in [6, 6.07) is 41.6. The molecule has 0 saturated heterocycles. The number of thioether (sulfide) groups is 1. The lowest BCUT2D eigenvalue weighted by Crippen LogP contribution is -3.00. The number of halogens is 1. The predicted molar refractivity (Wildman–Crippen MR) is 149 cm³/mol. The van der Waals surface area contributed by atoms with Crippen molar-refractivity contribution in [1.82, 2.24) is 4.98 Å². The summed E-state index contributed by atoms with van der Waals surface area (Å²) in [7, 11) is -2.19. The third-order valence-corrected chi connectivity index (χ3v) is 12.5. The van der Waals surface area contributed by atoms with Gasteiger partial charge in [-0.05, 0) is 49.6 Å². The largest absolute Gasteiger partial charge is 1.00 e. The van der Waals surface area contributed by atoms with Crippen molar-refractivity contribution in [2.24, 2.45) is 0 Å². The van der Waals surface area contributed by atoms with E-state index >= 15 is 0 Å². The van der Waals surface area contributed by atoms with E-state index in [-0.39, 0.29) is 24.0 Å². The highest BCUT2D eigenvalue weighted by Gasteiger charge is 2.51. The monoisotopic (exact) mass is 609 g/mol. The summed E-state index contributed by atoms with van der Waals surface area (Å²) in [5, 5.41) is 5.08. The van der Waals surface area contributed by atoms with Gasteiger partial charge in [-0.2, -0.15) is 4.98 Å². The van der Waals surface area contributed by atoms with Crippen LogP contribution in [0.2, 0.25) is 0 Å². The predicted octanol–water partition coefficient (Wildman–Crippen LogP) is 3.46. The van der Waals surface area contributed by atoms with Crippen LogP contribution in [0.3, 0.4) is 0 Å². The average molecular weight is 610 g/mol. The molecule has 0 fully saturated rings. The zero-order valence-electron chi connectivity index (χ0n) is 19.1. The first-order valence-corrected chi connectivity index (χ1v) is 14.7. The lowest BCUT2D eigenvalue weighted by Gasteiger charge is -2.26. The molecule has 170 valence electrons. The van der Waals surface area contributed by atoms with Crippen LogP contribution in [0.25, 0.3) is 10.6 Å². The van der Waals surface area contributed by atoms with E-state index in [1.165, 1.54) is 36.7 Å². The highest BCUT2D eigenvalue weighted by molar-refractivity contribution is 8.05. The quantitative estimate of drug-likeness (QED) is 0.166. The molecule has 5 aromatic rings. The third-order valence-electron chi connectivity index (χ3n) is 5.81. The number of hydrogen-bond acceptors (Lipinski definition) is 3. The van der Waals surface area contributed by atoms with Gasteiger partial charge in [0.2, 0.25) is 5.44 Å². The molecule has 1 aromatic heterocycles. The number of aromatic nitrogens is 1. The van der Waals surface area contributed by atoms with Crippen LogP contribution in [0.5, 0.6) is 0 Å². The van der Waals surface area contributed by atoms with Crippen LogP contribution in [0, 0.1) is 6.92 Å². The molecule has 0 amide bonds. The number of hydrogen-bond donors (Lipinski definition) is 0. The molecular formula is C29H25INPS2. The Kier molecular flexibility index (Phi) is 8.26. The molecule has 0 atom stereocenters. The Hall–Kier alpha value is -1.98. The van der Waals surface area contributed by atoms with Crippen molar-refractivity contribution in [3.05, 3.63) is 121 Å². The van der Waals surface area contributed by atoms with E-state index in [0.29, 0.717) is 0 Å². The zero-order chi connectivity index (χ0) is 22.7. The van der Waals surface area contributed by atoms with Gasteiger partial charge in [0.1, 0.15) is 25.1 Å². The number of nitrogens with zero attached hydrogens (tertiary/aromatic N) is 1. The summed E-state index contributed by atoms with van der Waals surface area (Å²) < 4.78 is 1.29. The van der Waals surface area contributed by atoms with E-state index in [9.17, 15) is 0 Å². The van der Waals surface area contributed by atoms with Gasteiger partial charge in [-0.1, -0.05) is 84.4 Å². The maximum Gasteiger partial charge on any atom is 0.223 e. The Morgan fingerprint density at radius 2 is 1.09 bits per heavy atom. The van der Waals surface area contributed by atoms with E-state index in [0.717, 1.165) is 5.01 Å². The van der Waals surface area contributed by atoms with Crippen molar-refractivity contribution in [3.63, 3.8) is 0 Å². The van der Waals surface area contributed by atoms with Gasteiger partial charge in [-0.3, -0.25) is 0 Å². The Labute approximate surface area is 228 Å². The highest BCUT2D eigenvalue weighted by atomic mass is 127. The topological polar surface area (TPSA) is 12.9 Å². The first-order valence-electron chi connectivity index (χ1n) is 10.9. The minimum absolute atomic E-state index is 0. The number of aryl methyl sites for hydroxylation is 1. The Balaban J connectivity index is 0.00000274. The fraction of sp³-hybridized carbons (Fsp3) is 0.0690. The highest BCUT2D eigenvalue weighted by Crippen LogP contribution is 2.56.